The van der Waals surface area contributed by atoms with Crippen molar-refractivity contribution < 1.29 is 29.4 Å². The van der Waals surface area contributed by atoms with Crippen LogP contribution in [0.4, 0.5) is 5.69 Å². The van der Waals surface area contributed by atoms with Crippen molar-refractivity contribution in [1.29, 1.82) is 0 Å². The Labute approximate surface area is 277 Å². The first-order valence-corrected chi connectivity index (χ1v) is 16.4. The average molecular weight is 655 g/mol. The zero-order chi connectivity index (χ0) is 32.0. The van der Waals surface area contributed by atoms with Crippen molar-refractivity contribution >= 4 is 41.8 Å². The van der Waals surface area contributed by atoms with Crippen molar-refractivity contribution in [2.24, 2.45) is 5.92 Å². The number of carbonyl (C=O) groups excluding carboxylic acids is 3. The number of rotatable bonds is 11. The van der Waals surface area contributed by atoms with Crippen LogP contribution in [0.3, 0.4) is 0 Å². The van der Waals surface area contributed by atoms with Gasteiger partial charge in [-0.25, -0.2) is 4.79 Å². The molecule has 2 aliphatic heterocycles. The molecule has 0 unspecified atom stereocenters. The Morgan fingerprint density at radius 2 is 1.61 bits per heavy atom. The lowest BCUT2D eigenvalue weighted by Crippen LogP contribution is -2.75. The van der Waals surface area contributed by atoms with E-state index in [1.807, 2.05) is 24.3 Å². The van der Waals surface area contributed by atoms with Crippen molar-refractivity contribution in [3.8, 4) is 0 Å². The van der Waals surface area contributed by atoms with E-state index in [4.69, 9.17) is 5.11 Å². The number of aromatic carboxylic acids is 1. The number of hydrogen-bond acceptors (Lipinski definition) is 6. The van der Waals surface area contributed by atoms with Gasteiger partial charge in [0, 0.05) is 31.9 Å². The fourth-order valence-electron chi connectivity index (χ4n) is 7.14. The van der Waals surface area contributed by atoms with E-state index in [0.717, 1.165) is 56.1 Å². The number of unbranched alkanes of at least 4 members (excludes halogenated alkanes) is 1. The lowest BCUT2D eigenvalue weighted by atomic mass is 9.78. The molecule has 0 radical (unpaired) electrons. The van der Waals surface area contributed by atoms with Gasteiger partial charge in [0.15, 0.2) is 0 Å². The average Bonchev–Trinajstić information content (AvgIpc) is 3.05. The lowest BCUT2D eigenvalue weighted by Gasteiger charge is -2.52. The van der Waals surface area contributed by atoms with Gasteiger partial charge in [0.05, 0.1) is 18.1 Å². The zero-order valence-corrected chi connectivity index (χ0v) is 27.4. The molecule has 0 aromatic heterocycles. The molecule has 0 bridgehead atoms. The number of piperazine rings is 1. The van der Waals surface area contributed by atoms with Crippen LogP contribution in [0.1, 0.15) is 86.2 Å². The maximum absolute atomic E-state index is 13.8. The molecule has 2 aromatic carbocycles. The number of piperidine rings is 1. The number of carbonyl (C=O) groups is 4. The second-order valence-electron chi connectivity index (χ2n) is 12.9. The summed E-state index contributed by atoms with van der Waals surface area (Å²) in [6.45, 7) is 4.62. The summed E-state index contributed by atoms with van der Waals surface area (Å²) >= 11 is 0. The van der Waals surface area contributed by atoms with Gasteiger partial charge in [-0.2, -0.15) is 0 Å². The molecule has 11 heteroatoms. The van der Waals surface area contributed by atoms with E-state index in [1.54, 1.807) is 17.0 Å². The third kappa shape index (κ3) is 8.08. The number of likely N-dealkylation sites (tertiary alicyclic amines) is 1. The number of carboxylic acids is 1. The molecule has 2 aromatic rings. The summed E-state index contributed by atoms with van der Waals surface area (Å²) < 4.78 is 0. The molecule has 2 heterocycles. The summed E-state index contributed by atoms with van der Waals surface area (Å²) in [6.07, 6.45) is 7.18. The molecule has 2 atom stereocenters. The maximum Gasteiger partial charge on any atom is 0.335 e. The molecule has 2 saturated heterocycles. The number of nitrogens with zero attached hydrogens (tertiary/aromatic N) is 2. The van der Waals surface area contributed by atoms with E-state index in [2.05, 4.69) is 22.5 Å². The van der Waals surface area contributed by atoms with Crippen molar-refractivity contribution in [2.75, 3.05) is 25.0 Å². The topological polar surface area (TPSA) is 139 Å². The predicted octanol–water partition coefficient (Wildman–Crippen LogP) is 4.39. The van der Waals surface area contributed by atoms with Gasteiger partial charge in [-0.05, 0) is 73.4 Å². The molecular weight excluding hydrogens is 608 g/mol. The fraction of sp³-hybridized carbons (Fsp3) is 0.543. The molecular formula is C35H47ClN4O6. The lowest BCUT2D eigenvalue weighted by molar-refractivity contribution is -0.166. The monoisotopic (exact) mass is 654 g/mol. The summed E-state index contributed by atoms with van der Waals surface area (Å²) in [5.41, 5.74) is 1.79. The van der Waals surface area contributed by atoms with Crippen LogP contribution in [0, 0.1) is 5.92 Å². The number of benzene rings is 2. The number of carboxylic acid groups (broad SMARTS) is 1. The summed E-state index contributed by atoms with van der Waals surface area (Å²) in [6, 6.07) is 13.1. The number of hydrogen-bond donors (Lipinski definition) is 4. The van der Waals surface area contributed by atoms with Gasteiger partial charge in [-0.1, -0.05) is 56.9 Å². The Morgan fingerprint density at radius 3 is 2.22 bits per heavy atom. The van der Waals surface area contributed by atoms with Gasteiger partial charge in [0.1, 0.15) is 11.6 Å². The molecule has 250 valence electrons. The van der Waals surface area contributed by atoms with E-state index in [0.29, 0.717) is 44.7 Å². The molecule has 10 nitrogen and oxygen atoms in total. The van der Waals surface area contributed by atoms with E-state index in [9.17, 15) is 24.3 Å². The minimum absolute atomic E-state index is 0. The SMILES string of the molecule is CCCCN1C(=O)[C@@H]([C@H](O)C2CCCCC2)NC(=O)C12CCN(Cc1ccc(NC(=O)Cc3ccc(C(=O)O)cc3)cc1)CC2.Cl. The first-order valence-electron chi connectivity index (χ1n) is 16.4. The number of anilines is 1. The van der Waals surface area contributed by atoms with Gasteiger partial charge in [-0.3, -0.25) is 19.3 Å². The zero-order valence-electron chi connectivity index (χ0n) is 26.6. The van der Waals surface area contributed by atoms with Crippen LogP contribution in [0.2, 0.25) is 0 Å². The first-order chi connectivity index (χ1) is 21.7. The van der Waals surface area contributed by atoms with Crippen LogP contribution in [-0.2, 0) is 27.3 Å². The Kier molecular flexibility index (Phi) is 12.2. The standard InChI is InChI=1S/C35H46N4O6.ClH/c1-2-3-19-39-32(42)30(31(41)26-7-5-4-6-8-26)37-34(45)35(39)17-20-38(21-18-35)23-25-11-15-28(16-12-25)36-29(40)22-24-9-13-27(14-10-24)33(43)44;/h9-16,26,30-31,41H,2-8,17-23H2,1H3,(H,36,40)(H,37,45)(H,43,44);1H/t30-,31-;/m1./s1. The summed E-state index contributed by atoms with van der Waals surface area (Å²) in [7, 11) is 0. The number of nitrogens with one attached hydrogen (secondary N) is 2. The second kappa shape index (κ2) is 15.9. The highest BCUT2D eigenvalue weighted by Crippen LogP contribution is 2.36. The molecule has 5 rings (SSSR count). The Balaban J connectivity index is 0.00000480. The first kappa shape index (κ1) is 35.4. The van der Waals surface area contributed by atoms with E-state index in [1.165, 1.54) is 12.1 Å². The van der Waals surface area contributed by atoms with E-state index in [-0.39, 0.29) is 48.0 Å². The molecule has 3 fully saturated rings. The molecule has 4 N–H and O–H groups in total. The number of halogens is 1. The number of aliphatic hydroxyl groups is 1. The van der Waals surface area contributed by atoms with Crippen LogP contribution in [0.15, 0.2) is 48.5 Å². The second-order valence-corrected chi connectivity index (χ2v) is 12.9. The smallest absolute Gasteiger partial charge is 0.335 e. The minimum atomic E-state index is -1.00. The van der Waals surface area contributed by atoms with Crippen LogP contribution in [0.5, 0.6) is 0 Å². The highest BCUT2D eigenvalue weighted by Gasteiger charge is 2.55. The van der Waals surface area contributed by atoms with Crippen molar-refractivity contribution in [2.45, 2.75) is 95.4 Å². The number of aliphatic hydroxyl groups excluding tert-OH is 1. The Bertz CT molecular complexity index is 1350. The van der Waals surface area contributed by atoms with E-state index >= 15 is 0 Å². The van der Waals surface area contributed by atoms with Crippen molar-refractivity contribution in [1.82, 2.24) is 15.1 Å². The molecule has 3 aliphatic rings. The molecule has 3 amide bonds. The van der Waals surface area contributed by atoms with Gasteiger partial charge in [0.25, 0.3) is 0 Å². The fourth-order valence-corrected chi connectivity index (χ4v) is 7.14. The summed E-state index contributed by atoms with van der Waals surface area (Å²) in [5, 5.41) is 26.1. The molecule has 1 spiro atoms. The Hall–Kier alpha value is -3.47. The van der Waals surface area contributed by atoms with Crippen LogP contribution in [-0.4, -0.2) is 81.0 Å². The maximum atomic E-state index is 13.8. The van der Waals surface area contributed by atoms with E-state index < -0.39 is 23.7 Å². The van der Waals surface area contributed by atoms with Gasteiger partial charge >= 0.3 is 5.97 Å². The van der Waals surface area contributed by atoms with Crippen molar-refractivity contribution in [3.05, 3.63) is 65.2 Å². The third-order valence-corrected chi connectivity index (χ3v) is 9.86. The molecule has 1 aliphatic carbocycles. The van der Waals surface area contributed by atoms with Gasteiger partial charge < -0.3 is 25.7 Å². The normalized spacial score (nSPS) is 20.9. The molecule has 1 saturated carbocycles. The van der Waals surface area contributed by atoms with Crippen LogP contribution in [0.25, 0.3) is 0 Å². The van der Waals surface area contributed by atoms with Gasteiger partial charge in [-0.15, -0.1) is 12.4 Å². The summed E-state index contributed by atoms with van der Waals surface area (Å²) in [4.78, 5) is 55.2. The van der Waals surface area contributed by atoms with Crippen molar-refractivity contribution in [3.63, 3.8) is 0 Å². The van der Waals surface area contributed by atoms with Gasteiger partial charge in [0.2, 0.25) is 17.7 Å². The third-order valence-electron chi connectivity index (χ3n) is 9.86. The summed E-state index contributed by atoms with van der Waals surface area (Å²) in [5.74, 6) is -1.40. The largest absolute Gasteiger partial charge is 0.478 e. The molecule has 46 heavy (non-hydrogen) atoms. The quantitative estimate of drug-likeness (QED) is 0.282. The predicted molar refractivity (Wildman–Crippen MR) is 178 cm³/mol. The highest BCUT2D eigenvalue weighted by molar-refractivity contribution is 6.00. The number of amides is 3. The Morgan fingerprint density at radius 1 is 0.978 bits per heavy atom. The minimum Gasteiger partial charge on any atom is -0.478 e. The van der Waals surface area contributed by atoms with Crippen LogP contribution >= 0.6 is 12.4 Å². The van der Waals surface area contributed by atoms with Crippen LogP contribution < -0.4 is 10.6 Å². The highest BCUT2D eigenvalue weighted by atomic mass is 35.5.